The maximum absolute atomic E-state index is 13.1. The molecule has 0 bridgehead atoms. The number of hydrogen-bond donors (Lipinski definition) is 3. The van der Waals surface area contributed by atoms with Crippen molar-refractivity contribution < 1.29 is 14.3 Å². The summed E-state index contributed by atoms with van der Waals surface area (Å²) in [6, 6.07) is 4.35. The molecule has 1 aliphatic heterocycles. The lowest BCUT2D eigenvalue weighted by molar-refractivity contribution is 0.00651. The van der Waals surface area contributed by atoms with Crippen molar-refractivity contribution in [2.24, 2.45) is 29.4 Å². The first-order chi connectivity index (χ1) is 18.4. The Balaban J connectivity index is 1.16. The van der Waals surface area contributed by atoms with Crippen molar-refractivity contribution in [2.45, 2.75) is 50.5 Å². The Morgan fingerprint density at radius 2 is 1.97 bits per heavy atom. The molecule has 0 radical (unpaired) electrons. The van der Waals surface area contributed by atoms with Crippen LogP contribution >= 0.6 is 0 Å². The fourth-order valence-electron chi connectivity index (χ4n) is 5.82. The number of nitrogens with zero attached hydrogens (tertiary/aromatic N) is 6. The zero-order chi connectivity index (χ0) is 26.4. The number of nitrogens with two attached hydrogens (primary N) is 2. The van der Waals surface area contributed by atoms with Crippen LogP contribution in [0.4, 0.5) is 11.5 Å². The number of primary amides is 1. The molecule has 3 heterocycles. The Bertz CT molecular complexity index is 1300. The molecule has 0 spiro atoms. The average Bonchev–Trinajstić information content (AvgIpc) is 3.69. The number of amides is 2. The third-order valence-electron chi connectivity index (χ3n) is 8.56. The van der Waals surface area contributed by atoms with Crippen LogP contribution in [0.2, 0.25) is 0 Å². The number of nitrogen functional groups attached to an aromatic ring is 1. The second-order valence-corrected chi connectivity index (χ2v) is 10.9. The predicted molar refractivity (Wildman–Crippen MR) is 136 cm³/mol. The van der Waals surface area contributed by atoms with Crippen molar-refractivity contribution in [1.82, 2.24) is 25.3 Å². The van der Waals surface area contributed by atoms with Gasteiger partial charge in [-0.05, 0) is 50.4 Å². The molecule has 6 rings (SSSR count). The van der Waals surface area contributed by atoms with Crippen molar-refractivity contribution in [3.8, 4) is 12.1 Å². The lowest BCUT2D eigenvalue weighted by atomic mass is 9.56. The highest BCUT2D eigenvalue weighted by atomic mass is 16.5. The summed E-state index contributed by atoms with van der Waals surface area (Å²) in [6.45, 7) is 1.65. The van der Waals surface area contributed by atoms with Crippen LogP contribution in [0, 0.1) is 35.0 Å². The highest BCUT2D eigenvalue weighted by Gasteiger charge is 2.47. The molecule has 3 saturated carbocycles. The lowest BCUT2D eigenvalue weighted by Gasteiger charge is -2.53. The van der Waals surface area contributed by atoms with Gasteiger partial charge in [-0.1, -0.05) is 0 Å². The van der Waals surface area contributed by atoms with E-state index in [4.69, 9.17) is 21.5 Å². The van der Waals surface area contributed by atoms with Gasteiger partial charge in [0.25, 0.3) is 11.8 Å². The number of nitriles is 1. The molecular weight excluding hydrogens is 486 g/mol. The SMILES string of the molecule is N#C[C@@H]1C[C@@H]1COc1nc(C(=O)NC2CC3CCC32)cc(N2CCC(c3ncc(N)c(C(N)=O)n3)CC2)n1. The van der Waals surface area contributed by atoms with E-state index in [1.54, 1.807) is 6.07 Å². The van der Waals surface area contributed by atoms with Gasteiger partial charge in [0.2, 0.25) is 0 Å². The van der Waals surface area contributed by atoms with Gasteiger partial charge in [0.15, 0.2) is 5.69 Å². The molecule has 198 valence electrons. The largest absolute Gasteiger partial charge is 0.463 e. The zero-order valence-electron chi connectivity index (χ0n) is 21.0. The maximum atomic E-state index is 13.1. The first kappa shape index (κ1) is 24.3. The summed E-state index contributed by atoms with van der Waals surface area (Å²) in [5.41, 5.74) is 11.7. The number of carbonyl (C=O) groups is 2. The van der Waals surface area contributed by atoms with Crippen LogP contribution in [0.25, 0.3) is 0 Å². The normalized spacial score (nSPS) is 27.8. The van der Waals surface area contributed by atoms with E-state index >= 15 is 0 Å². The van der Waals surface area contributed by atoms with Gasteiger partial charge < -0.3 is 26.4 Å². The molecule has 2 amide bonds. The summed E-state index contributed by atoms with van der Waals surface area (Å²) in [4.78, 5) is 44.5. The average molecular weight is 518 g/mol. The van der Waals surface area contributed by atoms with Crippen LogP contribution in [0.5, 0.6) is 6.01 Å². The minimum atomic E-state index is -0.676. The molecule has 3 aliphatic carbocycles. The second-order valence-electron chi connectivity index (χ2n) is 10.9. The van der Waals surface area contributed by atoms with Gasteiger partial charge in [0, 0.05) is 37.0 Å². The Morgan fingerprint density at radius 3 is 2.61 bits per heavy atom. The molecule has 4 aliphatic rings. The van der Waals surface area contributed by atoms with Gasteiger partial charge in [0.1, 0.15) is 17.3 Å². The van der Waals surface area contributed by atoms with Gasteiger partial charge in [0.05, 0.1) is 30.5 Å². The molecule has 0 aromatic carbocycles. The van der Waals surface area contributed by atoms with Crippen LogP contribution in [0.3, 0.4) is 0 Å². The summed E-state index contributed by atoms with van der Waals surface area (Å²) in [5, 5.41) is 12.2. The molecule has 38 heavy (non-hydrogen) atoms. The quantitative estimate of drug-likeness (QED) is 0.462. The van der Waals surface area contributed by atoms with Gasteiger partial charge in [-0.15, -0.1) is 0 Å². The summed E-state index contributed by atoms with van der Waals surface area (Å²) in [7, 11) is 0. The Labute approximate surface area is 220 Å². The maximum Gasteiger partial charge on any atom is 0.319 e. The molecule has 2 aromatic heterocycles. The van der Waals surface area contributed by atoms with Gasteiger partial charge >= 0.3 is 6.01 Å². The van der Waals surface area contributed by atoms with Gasteiger partial charge in [-0.2, -0.15) is 15.2 Å². The molecule has 12 heteroatoms. The fourth-order valence-corrected chi connectivity index (χ4v) is 5.82. The molecule has 5 N–H and O–H groups in total. The zero-order valence-corrected chi connectivity index (χ0v) is 21.0. The van der Waals surface area contributed by atoms with Crippen LogP contribution < -0.4 is 26.4 Å². The summed E-state index contributed by atoms with van der Waals surface area (Å²) in [6.07, 6.45) is 7.16. The Hall–Kier alpha value is -4.01. The molecule has 12 nitrogen and oxygen atoms in total. The number of piperidine rings is 1. The van der Waals surface area contributed by atoms with Crippen LogP contribution in [0.1, 0.15) is 71.2 Å². The number of rotatable bonds is 8. The molecule has 3 unspecified atom stereocenters. The van der Waals surface area contributed by atoms with E-state index in [0.29, 0.717) is 37.3 Å². The van der Waals surface area contributed by atoms with E-state index < -0.39 is 5.91 Å². The van der Waals surface area contributed by atoms with Crippen LogP contribution in [-0.4, -0.2) is 57.5 Å². The predicted octanol–water partition coefficient (Wildman–Crippen LogP) is 1.40. The van der Waals surface area contributed by atoms with E-state index in [0.717, 1.165) is 31.6 Å². The molecule has 2 aromatic rings. The van der Waals surface area contributed by atoms with Gasteiger partial charge in [-0.25, -0.2) is 9.97 Å². The first-order valence-corrected chi connectivity index (χ1v) is 13.3. The summed E-state index contributed by atoms with van der Waals surface area (Å²) >= 11 is 0. The number of carbonyl (C=O) groups excluding carboxylic acids is 2. The monoisotopic (exact) mass is 517 g/mol. The number of anilines is 2. The third kappa shape index (κ3) is 4.68. The van der Waals surface area contributed by atoms with Crippen molar-refractivity contribution >= 4 is 23.3 Å². The van der Waals surface area contributed by atoms with E-state index in [-0.39, 0.29) is 52.8 Å². The van der Waals surface area contributed by atoms with E-state index in [9.17, 15) is 9.59 Å². The lowest BCUT2D eigenvalue weighted by Crippen LogP contribution is -2.57. The van der Waals surface area contributed by atoms with E-state index in [1.165, 1.54) is 19.0 Å². The van der Waals surface area contributed by atoms with Gasteiger partial charge in [-0.3, -0.25) is 9.59 Å². The highest BCUT2D eigenvalue weighted by molar-refractivity contribution is 5.95. The standard InChI is InChI=1S/C26H31N9O3/c27-10-15-7-16(15)12-38-26-32-20(25(37)31-19-8-14-1-2-17(14)19)9-21(33-26)35-5-3-13(4-6-35)24-30-11-18(28)22(34-24)23(29)36/h9,11,13-17,19H,1-8,12,28H2,(H2,29,36)(H,31,37)/t14?,15-,16+,17?,19?/m0/s1. The Morgan fingerprint density at radius 1 is 1.16 bits per heavy atom. The number of hydrogen-bond acceptors (Lipinski definition) is 10. The van der Waals surface area contributed by atoms with Crippen molar-refractivity contribution in [3.63, 3.8) is 0 Å². The third-order valence-corrected chi connectivity index (χ3v) is 8.56. The summed E-state index contributed by atoms with van der Waals surface area (Å²) in [5.74, 6) is 1.87. The number of nitrogens with one attached hydrogen (secondary N) is 1. The molecule has 5 atom stereocenters. The number of ether oxygens (including phenoxy) is 1. The van der Waals surface area contributed by atoms with Crippen molar-refractivity contribution in [3.05, 3.63) is 29.5 Å². The van der Waals surface area contributed by atoms with Crippen LogP contribution in [-0.2, 0) is 0 Å². The second kappa shape index (κ2) is 9.70. The van der Waals surface area contributed by atoms with Crippen molar-refractivity contribution in [2.75, 3.05) is 30.3 Å². The minimum Gasteiger partial charge on any atom is -0.463 e. The Kier molecular flexibility index (Phi) is 6.21. The van der Waals surface area contributed by atoms with Crippen molar-refractivity contribution in [1.29, 1.82) is 5.26 Å². The molecule has 4 fully saturated rings. The fraction of sp³-hybridized carbons (Fsp3) is 0.577. The summed E-state index contributed by atoms with van der Waals surface area (Å²) < 4.78 is 5.86. The topological polar surface area (TPSA) is 186 Å². The smallest absolute Gasteiger partial charge is 0.319 e. The highest BCUT2D eigenvalue weighted by Crippen LogP contribution is 2.50. The first-order valence-electron chi connectivity index (χ1n) is 13.3. The van der Waals surface area contributed by atoms with E-state index in [1.807, 2.05) is 0 Å². The van der Waals surface area contributed by atoms with E-state index in [2.05, 4.69) is 36.2 Å². The molecular formula is C26H31N9O3. The van der Waals surface area contributed by atoms with Crippen LogP contribution in [0.15, 0.2) is 12.3 Å². The minimum absolute atomic E-state index is 0.0136. The number of fused-ring (bicyclic) bond motifs is 1. The molecule has 1 saturated heterocycles. The number of aromatic nitrogens is 4.